The van der Waals surface area contributed by atoms with E-state index in [1.54, 1.807) is 0 Å². The minimum atomic E-state index is -0.894. The van der Waals surface area contributed by atoms with Crippen LogP contribution in [-0.4, -0.2) is 34.5 Å². The molecule has 0 bridgehead atoms. The number of carbonyl (C=O) groups excluding carboxylic acids is 1. The number of aliphatic carboxylic acids is 1. The summed E-state index contributed by atoms with van der Waals surface area (Å²) in [4.78, 5) is 23.9. The molecule has 0 radical (unpaired) electrons. The molecule has 1 aliphatic heterocycles. The smallest absolute Gasteiger partial charge is 0.303 e. The molecule has 0 aromatic carbocycles. The maximum Gasteiger partial charge on any atom is 0.303 e. The van der Waals surface area contributed by atoms with E-state index in [4.69, 9.17) is 5.11 Å². The van der Waals surface area contributed by atoms with Crippen molar-refractivity contribution in [2.45, 2.75) is 51.5 Å². The average Bonchev–Trinajstić information content (AvgIpc) is 2.63. The zero-order valence-corrected chi connectivity index (χ0v) is 10.5. The molecule has 0 spiro atoms. The zero-order valence-electron chi connectivity index (χ0n) is 9.65. The first-order valence-electron chi connectivity index (χ1n) is 5.66. The Morgan fingerprint density at radius 1 is 1.38 bits per heavy atom. The number of amides is 1. The third-order valence-electron chi connectivity index (χ3n) is 2.87. The molecule has 1 N–H and O–H groups in total. The lowest BCUT2D eigenvalue weighted by atomic mass is 10.1. The predicted octanol–water partition coefficient (Wildman–Crippen LogP) is 2.06. The number of carboxylic acid groups (broad SMARTS) is 1. The van der Waals surface area contributed by atoms with Crippen molar-refractivity contribution < 1.29 is 14.7 Å². The summed E-state index contributed by atoms with van der Waals surface area (Å²) in [5.41, 5.74) is 0. The molecule has 1 unspecified atom stereocenters. The van der Waals surface area contributed by atoms with E-state index >= 15 is 0 Å². The van der Waals surface area contributed by atoms with E-state index in [2.05, 4.69) is 6.92 Å². The monoisotopic (exact) mass is 249 g/mol. The van der Waals surface area contributed by atoms with Gasteiger partial charge in [-0.3, -0.25) is 9.59 Å². The quantitative estimate of drug-likeness (QED) is 0.812. The number of carboxylic acids is 1. The molecule has 5 heteroatoms. The van der Waals surface area contributed by atoms with Gasteiger partial charge in [0.15, 0.2) is 0 Å². The van der Waals surface area contributed by atoms with Gasteiger partial charge in [-0.15, -0.1) is 12.4 Å². The van der Waals surface area contributed by atoms with Crippen LogP contribution in [0.4, 0.5) is 0 Å². The van der Waals surface area contributed by atoms with E-state index in [0.29, 0.717) is 6.04 Å². The van der Waals surface area contributed by atoms with Gasteiger partial charge in [0.25, 0.3) is 0 Å². The van der Waals surface area contributed by atoms with Crippen molar-refractivity contribution in [1.29, 1.82) is 0 Å². The van der Waals surface area contributed by atoms with Gasteiger partial charge in [-0.1, -0.05) is 13.3 Å². The summed E-state index contributed by atoms with van der Waals surface area (Å²) in [6, 6.07) is 0.358. The van der Waals surface area contributed by atoms with Crippen molar-refractivity contribution in [3.8, 4) is 0 Å². The van der Waals surface area contributed by atoms with Crippen LogP contribution < -0.4 is 0 Å². The fraction of sp³-hybridized carbons (Fsp3) is 0.818. The van der Waals surface area contributed by atoms with E-state index in [1.807, 2.05) is 4.90 Å². The normalized spacial score (nSPS) is 19.3. The number of hydrogen-bond donors (Lipinski definition) is 1. The van der Waals surface area contributed by atoms with Crippen LogP contribution >= 0.6 is 12.4 Å². The summed E-state index contributed by atoms with van der Waals surface area (Å²) in [7, 11) is 0. The minimum absolute atomic E-state index is 0. The molecule has 94 valence electrons. The van der Waals surface area contributed by atoms with Gasteiger partial charge < -0.3 is 10.0 Å². The molecule has 1 atom stereocenters. The highest BCUT2D eigenvalue weighted by atomic mass is 35.5. The molecule has 1 amide bonds. The van der Waals surface area contributed by atoms with Crippen molar-refractivity contribution in [3.05, 3.63) is 0 Å². The predicted molar refractivity (Wildman–Crippen MR) is 63.8 cm³/mol. The summed E-state index contributed by atoms with van der Waals surface area (Å²) >= 11 is 0. The molecular weight excluding hydrogens is 230 g/mol. The lowest BCUT2D eigenvalue weighted by Crippen LogP contribution is -2.35. The number of likely N-dealkylation sites (tertiary alicyclic amines) is 1. The van der Waals surface area contributed by atoms with Crippen LogP contribution in [0, 0.1) is 0 Å². The third kappa shape index (κ3) is 4.39. The van der Waals surface area contributed by atoms with Crippen LogP contribution in [-0.2, 0) is 9.59 Å². The van der Waals surface area contributed by atoms with Gasteiger partial charge in [0.1, 0.15) is 0 Å². The molecule has 4 nitrogen and oxygen atoms in total. The summed E-state index contributed by atoms with van der Waals surface area (Å²) in [5, 5.41) is 8.50. The first-order chi connectivity index (χ1) is 7.15. The molecule has 1 heterocycles. The molecule has 1 rings (SSSR count). The lowest BCUT2D eigenvalue weighted by molar-refractivity contribution is -0.141. The van der Waals surface area contributed by atoms with Crippen molar-refractivity contribution in [3.63, 3.8) is 0 Å². The van der Waals surface area contributed by atoms with Gasteiger partial charge in [-0.05, 0) is 19.3 Å². The van der Waals surface area contributed by atoms with E-state index < -0.39 is 5.97 Å². The summed E-state index contributed by atoms with van der Waals surface area (Å²) in [6.07, 6.45) is 4.35. The summed E-state index contributed by atoms with van der Waals surface area (Å²) in [5.74, 6) is -0.886. The van der Waals surface area contributed by atoms with Crippen LogP contribution in [0.2, 0.25) is 0 Å². The molecule has 1 aliphatic rings. The van der Waals surface area contributed by atoms with E-state index in [0.717, 1.165) is 32.2 Å². The van der Waals surface area contributed by atoms with Crippen LogP contribution in [0.15, 0.2) is 0 Å². The van der Waals surface area contributed by atoms with E-state index in [-0.39, 0.29) is 31.2 Å². The first kappa shape index (κ1) is 15.2. The molecular formula is C11H20ClNO3. The maximum atomic E-state index is 11.7. The lowest BCUT2D eigenvalue weighted by Gasteiger charge is -2.24. The third-order valence-corrected chi connectivity index (χ3v) is 2.87. The Morgan fingerprint density at radius 2 is 2.06 bits per heavy atom. The van der Waals surface area contributed by atoms with Gasteiger partial charge in [0.2, 0.25) is 5.91 Å². The highest BCUT2D eigenvalue weighted by molar-refractivity contribution is 5.85. The summed E-state index contributed by atoms with van der Waals surface area (Å²) < 4.78 is 0. The number of carbonyl (C=O) groups is 2. The van der Waals surface area contributed by atoms with Gasteiger partial charge in [-0.25, -0.2) is 0 Å². The standard InChI is InChI=1S/C11H19NO3.ClH/c1-2-4-9-5-3-8-12(9)10(13)6-7-11(14)15;/h9H,2-8H2,1H3,(H,14,15);1H. The first-order valence-corrected chi connectivity index (χ1v) is 5.66. The fourth-order valence-corrected chi connectivity index (χ4v) is 2.15. The van der Waals surface area contributed by atoms with Crippen molar-refractivity contribution in [1.82, 2.24) is 4.90 Å². The molecule has 0 aromatic rings. The topological polar surface area (TPSA) is 57.6 Å². The average molecular weight is 250 g/mol. The number of rotatable bonds is 5. The van der Waals surface area contributed by atoms with Crippen molar-refractivity contribution in [2.75, 3.05) is 6.54 Å². The number of nitrogens with zero attached hydrogens (tertiary/aromatic N) is 1. The molecule has 0 aliphatic carbocycles. The van der Waals surface area contributed by atoms with Crippen molar-refractivity contribution in [2.24, 2.45) is 0 Å². The Balaban J connectivity index is 0.00000225. The minimum Gasteiger partial charge on any atom is -0.481 e. The van der Waals surface area contributed by atoms with Gasteiger partial charge in [0, 0.05) is 19.0 Å². The van der Waals surface area contributed by atoms with Crippen LogP contribution in [0.3, 0.4) is 0 Å². The second kappa shape index (κ2) is 7.49. The second-order valence-corrected chi connectivity index (χ2v) is 4.07. The van der Waals surface area contributed by atoms with E-state index in [1.165, 1.54) is 0 Å². The van der Waals surface area contributed by atoms with Crippen molar-refractivity contribution >= 4 is 24.3 Å². The molecule has 0 saturated carbocycles. The Hall–Kier alpha value is -0.770. The molecule has 1 fully saturated rings. The van der Waals surface area contributed by atoms with E-state index in [9.17, 15) is 9.59 Å². The van der Waals surface area contributed by atoms with Crippen LogP contribution in [0.5, 0.6) is 0 Å². The van der Waals surface area contributed by atoms with Gasteiger partial charge >= 0.3 is 5.97 Å². The number of halogens is 1. The number of hydrogen-bond acceptors (Lipinski definition) is 2. The van der Waals surface area contributed by atoms with Crippen LogP contribution in [0.1, 0.15) is 45.4 Å². The Morgan fingerprint density at radius 3 is 2.62 bits per heavy atom. The molecule has 1 saturated heterocycles. The molecule has 0 aromatic heterocycles. The second-order valence-electron chi connectivity index (χ2n) is 4.07. The molecule has 16 heavy (non-hydrogen) atoms. The summed E-state index contributed by atoms with van der Waals surface area (Å²) in [6.45, 7) is 2.92. The van der Waals surface area contributed by atoms with Gasteiger partial charge in [0.05, 0.1) is 6.42 Å². The Bertz CT molecular complexity index is 245. The highest BCUT2D eigenvalue weighted by Crippen LogP contribution is 2.22. The maximum absolute atomic E-state index is 11.7. The Kier molecular flexibility index (Phi) is 7.13. The zero-order chi connectivity index (χ0) is 11.3. The highest BCUT2D eigenvalue weighted by Gasteiger charge is 2.27. The fourth-order valence-electron chi connectivity index (χ4n) is 2.15. The SMILES string of the molecule is CCCC1CCCN1C(=O)CCC(=O)O.Cl. The van der Waals surface area contributed by atoms with Crippen LogP contribution in [0.25, 0.3) is 0 Å². The van der Waals surface area contributed by atoms with Gasteiger partial charge in [-0.2, -0.15) is 0 Å². The Labute approximate surface area is 102 Å². The largest absolute Gasteiger partial charge is 0.481 e.